The number of carbonyl (C=O) groups is 1. The molecule has 1 aromatic heterocycles. The van der Waals surface area contributed by atoms with Crippen LogP contribution in [0.4, 0.5) is 0 Å². The fourth-order valence-corrected chi connectivity index (χ4v) is 1.46. The van der Waals surface area contributed by atoms with Gasteiger partial charge in [0.05, 0.1) is 0 Å². The zero-order valence-corrected chi connectivity index (χ0v) is 10.2. The molecule has 0 bridgehead atoms. The van der Waals surface area contributed by atoms with Crippen molar-refractivity contribution in [1.29, 1.82) is 0 Å². The largest absolute Gasteiger partial charge is 0.481 e. The minimum Gasteiger partial charge on any atom is -0.481 e. The molecule has 0 amide bonds. The van der Waals surface area contributed by atoms with Crippen LogP contribution in [0.15, 0.2) is 18.3 Å². The molecule has 16 heavy (non-hydrogen) atoms. The Kier molecular flexibility index (Phi) is 4.05. The van der Waals surface area contributed by atoms with Crippen LogP contribution in [0.1, 0.15) is 44.9 Å². The summed E-state index contributed by atoms with van der Waals surface area (Å²) in [5.41, 5.74) is 2.24. The summed E-state index contributed by atoms with van der Waals surface area (Å²) in [7, 11) is 0. The molecule has 0 aliphatic heterocycles. The van der Waals surface area contributed by atoms with Gasteiger partial charge in [0.25, 0.3) is 0 Å². The number of nitrogens with zero attached hydrogens (tertiary/aromatic N) is 1. The lowest BCUT2D eigenvalue weighted by Crippen LogP contribution is -2.13. The van der Waals surface area contributed by atoms with E-state index in [0.717, 1.165) is 17.7 Å². The molecule has 1 aromatic rings. The zero-order valence-electron chi connectivity index (χ0n) is 10.2. The summed E-state index contributed by atoms with van der Waals surface area (Å²) in [5.74, 6) is -0.737. The van der Waals surface area contributed by atoms with Crippen molar-refractivity contribution in [2.75, 3.05) is 0 Å². The summed E-state index contributed by atoms with van der Waals surface area (Å²) >= 11 is 0. The lowest BCUT2D eigenvalue weighted by molar-refractivity contribution is -0.137. The quantitative estimate of drug-likeness (QED) is 0.850. The van der Waals surface area contributed by atoms with E-state index >= 15 is 0 Å². The molecule has 0 aliphatic carbocycles. The van der Waals surface area contributed by atoms with Crippen molar-refractivity contribution in [2.45, 2.75) is 45.4 Å². The van der Waals surface area contributed by atoms with Gasteiger partial charge in [-0.05, 0) is 24.5 Å². The van der Waals surface area contributed by atoms with Crippen molar-refractivity contribution >= 4 is 5.97 Å². The van der Waals surface area contributed by atoms with Crippen LogP contribution in [0.25, 0.3) is 0 Å². The fraction of sp³-hybridized carbons (Fsp3) is 0.538. The maximum absolute atomic E-state index is 10.4. The first-order valence-electron chi connectivity index (χ1n) is 5.57. The number of pyridine rings is 1. The summed E-state index contributed by atoms with van der Waals surface area (Å²) in [6, 6.07) is 4.06. The van der Waals surface area contributed by atoms with Crippen LogP contribution < -0.4 is 0 Å². The van der Waals surface area contributed by atoms with E-state index < -0.39 is 5.97 Å². The smallest absolute Gasteiger partial charge is 0.303 e. The van der Waals surface area contributed by atoms with Gasteiger partial charge >= 0.3 is 5.97 Å². The number of carboxylic acids is 1. The van der Waals surface area contributed by atoms with Gasteiger partial charge in [0.15, 0.2) is 0 Å². The molecule has 0 atom stereocenters. The molecule has 0 saturated carbocycles. The van der Waals surface area contributed by atoms with Gasteiger partial charge in [-0.25, -0.2) is 0 Å². The molecule has 1 rings (SSSR count). The molecule has 0 spiro atoms. The van der Waals surface area contributed by atoms with E-state index in [1.165, 1.54) is 0 Å². The van der Waals surface area contributed by atoms with Crippen molar-refractivity contribution in [1.82, 2.24) is 4.98 Å². The van der Waals surface area contributed by atoms with E-state index in [1.807, 2.05) is 18.3 Å². The highest BCUT2D eigenvalue weighted by molar-refractivity contribution is 5.66. The maximum atomic E-state index is 10.4. The molecule has 1 heterocycles. The number of hydrogen-bond acceptors (Lipinski definition) is 2. The highest BCUT2D eigenvalue weighted by atomic mass is 16.4. The number of aliphatic carboxylic acids is 1. The van der Waals surface area contributed by atoms with Crippen molar-refractivity contribution in [2.24, 2.45) is 0 Å². The Bertz CT molecular complexity index is 349. The van der Waals surface area contributed by atoms with Crippen molar-refractivity contribution < 1.29 is 9.90 Å². The van der Waals surface area contributed by atoms with Crippen LogP contribution in [0.3, 0.4) is 0 Å². The molecular weight excluding hydrogens is 202 g/mol. The Morgan fingerprint density at radius 3 is 2.50 bits per heavy atom. The molecule has 0 saturated heterocycles. The first-order valence-corrected chi connectivity index (χ1v) is 5.57. The Labute approximate surface area is 96.5 Å². The van der Waals surface area contributed by atoms with Crippen LogP contribution in [-0.2, 0) is 16.6 Å². The second-order valence-electron chi connectivity index (χ2n) is 5.05. The molecule has 0 aromatic carbocycles. The van der Waals surface area contributed by atoms with Gasteiger partial charge < -0.3 is 5.11 Å². The summed E-state index contributed by atoms with van der Waals surface area (Å²) in [6.45, 7) is 6.37. The molecule has 0 aliphatic rings. The second kappa shape index (κ2) is 5.10. The normalized spacial score (nSPS) is 11.4. The van der Waals surface area contributed by atoms with Crippen LogP contribution in [0, 0.1) is 0 Å². The number of aromatic nitrogens is 1. The predicted octanol–water partition coefficient (Wildman–Crippen LogP) is 2.79. The van der Waals surface area contributed by atoms with E-state index in [9.17, 15) is 4.79 Å². The van der Waals surface area contributed by atoms with Gasteiger partial charge in [-0.2, -0.15) is 0 Å². The third-order valence-corrected chi connectivity index (χ3v) is 2.45. The zero-order chi connectivity index (χ0) is 12.2. The van der Waals surface area contributed by atoms with E-state index in [-0.39, 0.29) is 11.8 Å². The van der Waals surface area contributed by atoms with Crippen LogP contribution >= 0.6 is 0 Å². The van der Waals surface area contributed by atoms with Crippen molar-refractivity contribution in [3.8, 4) is 0 Å². The number of aryl methyl sites for hydroxylation is 1. The number of carboxylic acid groups (broad SMARTS) is 1. The predicted molar refractivity (Wildman–Crippen MR) is 63.5 cm³/mol. The van der Waals surface area contributed by atoms with Gasteiger partial charge in [0.2, 0.25) is 0 Å². The minimum absolute atomic E-state index is 0.0690. The Balaban J connectivity index is 2.55. The van der Waals surface area contributed by atoms with Crippen LogP contribution in [0.2, 0.25) is 0 Å². The standard InChI is InChI=1S/C13H19NO2/c1-13(2,3)11-8-7-10(9-14-11)5-4-6-12(15)16/h7-9H,4-6H2,1-3H3,(H,15,16). The Hall–Kier alpha value is -1.38. The lowest BCUT2D eigenvalue weighted by atomic mass is 9.91. The summed E-state index contributed by atoms with van der Waals surface area (Å²) in [6.07, 6.45) is 3.53. The molecule has 0 unspecified atom stereocenters. The molecule has 0 radical (unpaired) electrons. The first-order chi connectivity index (χ1) is 7.39. The van der Waals surface area contributed by atoms with Gasteiger partial charge in [0, 0.05) is 23.7 Å². The average molecular weight is 221 g/mol. The lowest BCUT2D eigenvalue weighted by Gasteiger charge is -2.17. The van der Waals surface area contributed by atoms with Crippen molar-refractivity contribution in [3.63, 3.8) is 0 Å². The second-order valence-corrected chi connectivity index (χ2v) is 5.05. The minimum atomic E-state index is -0.737. The molecule has 3 nitrogen and oxygen atoms in total. The maximum Gasteiger partial charge on any atom is 0.303 e. The van der Waals surface area contributed by atoms with E-state index in [0.29, 0.717) is 6.42 Å². The van der Waals surface area contributed by atoms with Crippen LogP contribution in [-0.4, -0.2) is 16.1 Å². The summed E-state index contributed by atoms with van der Waals surface area (Å²) < 4.78 is 0. The number of hydrogen-bond donors (Lipinski definition) is 1. The van der Waals surface area contributed by atoms with E-state index in [1.54, 1.807) is 0 Å². The third kappa shape index (κ3) is 4.01. The van der Waals surface area contributed by atoms with Gasteiger partial charge in [0.1, 0.15) is 0 Å². The highest BCUT2D eigenvalue weighted by Gasteiger charge is 2.14. The van der Waals surface area contributed by atoms with Gasteiger partial charge in [-0.1, -0.05) is 26.8 Å². The highest BCUT2D eigenvalue weighted by Crippen LogP contribution is 2.19. The topological polar surface area (TPSA) is 50.2 Å². The monoisotopic (exact) mass is 221 g/mol. The van der Waals surface area contributed by atoms with E-state index in [2.05, 4.69) is 25.8 Å². The third-order valence-electron chi connectivity index (χ3n) is 2.45. The Morgan fingerprint density at radius 2 is 2.06 bits per heavy atom. The molecular formula is C13H19NO2. The van der Waals surface area contributed by atoms with Gasteiger partial charge in [-0.3, -0.25) is 9.78 Å². The van der Waals surface area contributed by atoms with Gasteiger partial charge in [-0.15, -0.1) is 0 Å². The molecule has 1 N–H and O–H groups in total. The molecule has 0 fully saturated rings. The summed E-state index contributed by atoms with van der Waals surface area (Å²) in [4.78, 5) is 14.8. The molecule has 3 heteroatoms. The number of rotatable bonds is 4. The van der Waals surface area contributed by atoms with E-state index in [4.69, 9.17) is 5.11 Å². The first kappa shape index (κ1) is 12.7. The van der Waals surface area contributed by atoms with Crippen LogP contribution in [0.5, 0.6) is 0 Å². The SMILES string of the molecule is CC(C)(C)c1ccc(CCCC(=O)O)cn1. The fourth-order valence-electron chi connectivity index (χ4n) is 1.46. The van der Waals surface area contributed by atoms with Crippen molar-refractivity contribution in [3.05, 3.63) is 29.6 Å². The summed E-state index contributed by atoms with van der Waals surface area (Å²) in [5, 5.41) is 8.53. The Morgan fingerprint density at radius 1 is 1.38 bits per heavy atom. The molecule has 88 valence electrons. The average Bonchev–Trinajstić information content (AvgIpc) is 2.16.